The molecule has 1 rings (SSSR count). The molecule has 1 amide bonds. The Morgan fingerprint density at radius 1 is 1.50 bits per heavy atom. The summed E-state index contributed by atoms with van der Waals surface area (Å²) >= 11 is 0. The number of hydrogen-bond donors (Lipinski definition) is 3. The molecule has 1 atom stereocenters. The van der Waals surface area contributed by atoms with Gasteiger partial charge in [-0.2, -0.15) is 0 Å². The first-order valence-electron chi connectivity index (χ1n) is 5.70. The van der Waals surface area contributed by atoms with Gasteiger partial charge in [-0.3, -0.25) is 4.79 Å². The Bertz CT molecular complexity index is 404. The molecule has 1 unspecified atom stereocenters. The van der Waals surface area contributed by atoms with Crippen LogP contribution in [0, 0.1) is 0 Å². The van der Waals surface area contributed by atoms with Crippen LogP contribution in [0.3, 0.4) is 0 Å². The van der Waals surface area contributed by atoms with E-state index in [1.54, 1.807) is 19.2 Å². The lowest BCUT2D eigenvalue weighted by atomic mass is 10.1. The van der Waals surface area contributed by atoms with Crippen molar-refractivity contribution in [2.24, 2.45) is 0 Å². The Morgan fingerprint density at radius 2 is 2.22 bits per heavy atom. The third kappa shape index (κ3) is 4.73. The van der Waals surface area contributed by atoms with Crippen molar-refractivity contribution in [2.75, 3.05) is 20.3 Å². The number of rotatable bonds is 6. The van der Waals surface area contributed by atoms with Gasteiger partial charge in [0.05, 0.1) is 20.1 Å². The van der Waals surface area contributed by atoms with Crippen molar-refractivity contribution in [1.29, 1.82) is 0 Å². The Hall–Kier alpha value is -1.59. The summed E-state index contributed by atoms with van der Waals surface area (Å²) in [5.41, 5.74) is -0.459. The molecular formula is C13H19NO4. The second-order valence-electron chi connectivity index (χ2n) is 4.46. The van der Waals surface area contributed by atoms with Gasteiger partial charge in [0.25, 0.3) is 0 Å². The molecule has 0 heterocycles. The van der Waals surface area contributed by atoms with Crippen LogP contribution in [-0.4, -0.2) is 42.0 Å². The standard InChI is InChI=1S/C13H19NO4/c1-13(17,9-15)8-14-12(16)7-10-4-3-5-11(6-10)18-2/h3-6,15,17H,7-9H2,1-2H3,(H,14,16). The highest BCUT2D eigenvalue weighted by Gasteiger charge is 2.19. The number of benzene rings is 1. The van der Waals surface area contributed by atoms with E-state index >= 15 is 0 Å². The fourth-order valence-corrected chi connectivity index (χ4v) is 1.38. The number of aliphatic hydroxyl groups is 2. The van der Waals surface area contributed by atoms with Gasteiger partial charge in [0.2, 0.25) is 5.91 Å². The molecule has 0 aromatic heterocycles. The van der Waals surface area contributed by atoms with Crippen LogP contribution in [0.25, 0.3) is 0 Å². The summed E-state index contributed by atoms with van der Waals surface area (Å²) in [6.45, 7) is 1.08. The molecule has 0 aliphatic carbocycles. The van der Waals surface area contributed by atoms with Crippen LogP contribution in [-0.2, 0) is 11.2 Å². The van der Waals surface area contributed by atoms with Crippen molar-refractivity contribution >= 4 is 5.91 Å². The highest BCUT2D eigenvalue weighted by molar-refractivity contribution is 5.78. The predicted molar refractivity (Wildman–Crippen MR) is 67.4 cm³/mol. The van der Waals surface area contributed by atoms with E-state index < -0.39 is 12.2 Å². The molecule has 0 fully saturated rings. The van der Waals surface area contributed by atoms with Crippen molar-refractivity contribution in [3.05, 3.63) is 29.8 Å². The normalized spacial score (nSPS) is 13.8. The summed E-state index contributed by atoms with van der Waals surface area (Å²) < 4.78 is 5.06. The zero-order valence-corrected chi connectivity index (χ0v) is 10.6. The Morgan fingerprint density at radius 3 is 2.83 bits per heavy atom. The lowest BCUT2D eigenvalue weighted by Crippen LogP contribution is -2.43. The molecule has 0 aliphatic heterocycles. The number of methoxy groups -OCH3 is 1. The van der Waals surface area contributed by atoms with E-state index in [2.05, 4.69) is 5.32 Å². The first-order chi connectivity index (χ1) is 8.46. The predicted octanol–water partition coefficient (Wildman–Crippen LogP) is 0.0972. The molecule has 0 aliphatic rings. The maximum atomic E-state index is 11.6. The SMILES string of the molecule is COc1cccc(CC(=O)NCC(C)(O)CO)c1. The average molecular weight is 253 g/mol. The summed E-state index contributed by atoms with van der Waals surface area (Å²) in [7, 11) is 1.57. The summed E-state index contributed by atoms with van der Waals surface area (Å²) in [6.07, 6.45) is 0.207. The fraction of sp³-hybridized carbons (Fsp3) is 0.462. The third-order valence-electron chi connectivity index (χ3n) is 2.51. The van der Waals surface area contributed by atoms with Gasteiger partial charge >= 0.3 is 0 Å². The summed E-state index contributed by atoms with van der Waals surface area (Å²) in [5.74, 6) is 0.486. The van der Waals surface area contributed by atoms with Crippen LogP contribution >= 0.6 is 0 Å². The van der Waals surface area contributed by atoms with E-state index in [0.717, 1.165) is 5.56 Å². The minimum absolute atomic E-state index is 0.0201. The van der Waals surface area contributed by atoms with E-state index in [1.165, 1.54) is 6.92 Å². The molecule has 0 radical (unpaired) electrons. The van der Waals surface area contributed by atoms with Gasteiger partial charge in [-0.05, 0) is 24.6 Å². The number of carbonyl (C=O) groups is 1. The first-order valence-corrected chi connectivity index (χ1v) is 5.70. The molecule has 0 spiro atoms. The minimum atomic E-state index is -1.29. The second-order valence-corrected chi connectivity index (χ2v) is 4.46. The van der Waals surface area contributed by atoms with Gasteiger partial charge < -0.3 is 20.3 Å². The van der Waals surface area contributed by atoms with Crippen LogP contribution in [0.15, 0.2) is 24.3 Å². The van der Waals surface area contributed by atoms with E-state index in [0.29, 0.717) is 5.75 Å². The van der Waals surface area contributed by atoms with Gasteiger partial charge in [0.15, 0.2) is 0 Å². The van der Waals surface area contributed by atoms with Gasteiger partial charge in [0.1, 0.15) is 11.4 Å². The molecule has 5 nitrogen and oxygen atoms in total. The third-order valence-corrected chi connectivity index (χ3v) is 2.51. The second kappa shape index (κ2) is 6.37. The molecular weight excluding hydrogens is 234 g/mol. The molecule has 0 saturated heterocycles. The zero-order valence-electron chi connectivity index (χ0n) is 10.6. The molecule has 0 bridgehead atoms. The van der Waals surface area contributed by atoms with E-state index in [4.69, 9.17) is 9.84 Å². The Labute approximate surface area is 106 Å². The quantitative estimate of drug-likeness (QED) is 0.671. The van der Waals surface area contributed by atoms with Crippen molar-refractivity contribution in [3.8, 4) is 5.75 Å². The number of amides is 1. The van der Waals surface area contributed by atoms with Gasteiger partial charge in [0, 0.05) is 6.54 Å². The molecule has 1 aromatic rings. The molecule has 1 aromatic carbocycles. The fourth-order valence-electron chi connectivity index (χ4n) is 1.38. The first kappa shape index (κ1) is 14.5. The molecule has 5 heteroatoms. The number of carbonyl (C=O) groups excluding carboxylic acids is 1. The number of nitrogens with one attached hydrogen (secondary N) is 1. The Kier molecular flexibility index (Phi) is 5.12. The monoisotopic (exact) mass is 253 g/mol. The molecule has 0 saturated carbocycles. The van der Waals surface area contributed by atoms with Gasteiger partial charge in [-0.15, -0.1) is 0 Å². The number of hydrogen-bond acceptors (Lipinski definition) is 4. The zero-order chi connectivity index (χ0) is 13.6. The summed E-state index contributed by atoms with van der Waals surface area (Å²) in [6, 6.07) is 7.22. The Balaban J connectivity index is 2.49. The van der Waals surface area contributed by atoms with Crippen molar-refractivity contribution in [2.45, 2.75) is 18.9 Å². The van der Waals surface area contributed by atoms with Crippen LogP contribution < -0.4 is 10.1 Å². The summed E-state index contributed by atoms with van der Waals surface area (Å²) in [4.78, 5) is 11.6. The molecule has 100 valence electrons. The highest BCUT2D eigenvalue weighted by atomic mass is 16.5. The molecule has 3 N–H and O–H groups in total. The lowest BCUT2D eigenvalue weighted by Gasteiger charge is -2.20. The van der Waals surface area contributed by atoms with Crippen LogP contribution in [0.5, 0.6) is 5.75 Å². The van der Waals surface area contributed by atoms with E-state index in [1.807, 2.05) is 12.1 Å². The lowest BCUT2D eigenvalue weighted by molar-refractivity contribution is -0.121. The van der Waals surface area contributed by atoms with Crippen molar-refractivity contribution in [3.63, 3.8) is 0 Å². The maximum absolute atomic E-state index is 11.6. The van der Waals surface area contributed by atoms with Crippen molar-refractivity contribution < 1.29 is 19.7 Å². The minimum Gasteiger partial charge on any atom is -0.497 e. The topological polar surface area (TPSA) is 78.8 Å². The molecule has 18 heavy (non-hydrogen) atoms. The van der Waals surface area contributed by atoms with Gasteiger partial charge in [-0.25, -0.2) is 0 Å². The largest absolute Gasteiger partial charge is 0.497 e. The number of ether oxygens (including phenoxy) is 1. The number of aliphatic hydroxyl groups excluding tert-OH is 1. The van der Waals surface area contributed by atoms with E-state index in [9.17, 15) is 9.90 Å². The van der Waals surface area contributed by atoms with Crippen LogP contribution in [0.4, 0.5) is 0 Å². The average Bonchev–Trinajstić information content (AvgIpc) is 2.37. The van der Waals surface area contributed by atoms with Crippen LogP contribution in [0.1, 0.15) is 12.5 Å². The van der Waals surface area contributed by atoms with Crippen molar-refractivity contribution in [1.82, 2.24) is 5.32 Å². The van der Waals surface area contributed by atoms with Crippen LogP contribution in [0.2, 0.25) is 0 Å². The highest BCUT2D eigenvalue weighted by Crippen LogP contribution is 2.12. The van der Waals surface area contributed by atoms with Gasteiger partial charge in [-0.1, -0.05) is 12.1 Å². The smallest absolute Gasteiger partial charge is 0.224 e. The summed E-state index contributed by atoms with van der Waals surface area (Å²) in [5, 5.41) is 21.0. The maximum Gasteiger partial charge on any atom is 0.224 e. The van der Waals surface area contributed by atoms with E-state index in [-0.39, 0.29) is 18.9 Å².